The summed E-state index contributed by atoms with van der Waals surface area (Å²) in [7, 11) is 6.93. The van der Waals surface area contributed by atoms with Crippen molar-refractivity contribution >= 4 is 29.1 Å². The number of ketones is 1. The summed E-state index contributed by atoms with van der Waals surface area (Å²) in [4.78, 5) is 29.6. The van der Waals surface area contributed by atoms with Gasteiger partial charge in [-0.2, -0.15) is 0 Å². The lowest BCUT2D eigenvalue weighted by atomic mass is 9.95. The number of rotatable bonds is 8. The van der Waals surface area contributed by atoms with Gasteiger partial charge in [0.2, 0.25) is 0 Å². The van der Waals surface area contributed by atoms with Crippen LogP contribution in [0.25, 0.3) is 5.76 Å². The average Bonchev–Trinajstić information content (AvgIpc) is 3.03. The van der Waals surface area contributed by atoms with Gasteiger partial charge in [-0.05, 0) is 63.0 Å². The van der Waals surface area contributed by atoms with Gasteiger partial charge in [-0.25, -0.2) is 0 Å². The fraction of sp³-hybridized carbons (Fsp3) is 0.333. The Morgan fingerprint density at radius 2 is 1.88 bits per heavy atom. The van der Waals surface area contributed by atoms with Crippen molar-refractivity contribution in [1.29, 1.82) is 0 Å². The number of benzene rings is 2. The van der Waals surface area contributed by atoms with Gasteiger partial charge in [-0.15, -0.1) is 0 Å². The summed E-state index contributed by atoms with van der Waals surface area (Å²) < 4.78 is 10.5. The van der Waals surface area contributed by atoms with Crippen molar-refractivity contribution in [2.24, 2.45) is 0 Å². The van der Waals surface area contributed by atoms with Crippen LogP contribution in [0.3, 0.4) is 0 Å². The van der Waals surface area contributed by atoms with E-state index in [1.807, 2.05) is 25.1 Å². The number of likely N-dealkylation sites (tertiary alicyclic amines) is 1. The van der Waals surface area contributed by atoms with Gasteiger partial charge in [0, 0.05) is 12.1 Å². The summed E-state index contributed by atoms with van der Waals surface area (Å²) in [5.41, 5.74) is 1.03. The number of carbonyl (C=O) groups excluding carboxylic acids is 2. The number of carbonyl (C=O) groups is 2. The molecule has 1 saturated heterocycles. The molecule has 0 spiro atoms. The molecule has 2 aromatic carbocycles. The number of aliphatic hydroxyl groups excluding tert-OH is 1. The molecule has 1 atom stereocenters. The van der Waals surface area contributed by atoms with Crippen molar-refractivity contribution in [3.05, 3.63) is 64.2 Å². The first-order valence-electron chi connectivity index (χ1n) is 10.2. The molecule has 170 valence electrons. The molecule has 0 radical (unpaired) electrons. The first kappa shape index (κ1) is 23.6. The summed E-state index contributed by atoms with van der Waals surface area (Å²) in [6.07, 6.45) is 0.675. The van der Waals surface area contributed by atoms with Crippen LogP contribution in [0, 0.1) is 0 Å². The molecule has 1 N–H and O–H groups in total. The van der Waals surface area contributed by atoms with E-state index >= 15 is 0 Å². The van der Waals surface area contributed by atoms with Gasteiger partial charge in [-0.3, -0.25) is 9.59 Å². The predicted molar refractivity (Wildman–Crippen MR) is 123 cm³/mol. The number of hydrogen-bond donors (Lipinski definition) is 1. The highest BCUT2D eigenvalue weighted by Crippen LogP contribution is 2.41. The van der Waals surface area contributed by atoms with Crippen LogP contribution in [0.1, 0.15) is 23.6 Å². The minimum atomic E-state index is -0.742. The van der Waals surface area contributed by atoms with E-state index < -0.39 is 17.7 Å². The lowest BCUT2D eigenvalue weighted by Gasteiger charge is -2.26. The van der Waals surface area contributed by atoms with Crippen LogP contribution in [-0.4, -0.2) is 68.0 Å². The van der Waals surface area contributed by atoms with E-state index in [2.05, 4.69) is 0 Å². The van der Waals surface area contributed by atoms with Crippen molar-refractivity contribution in [3.8, 4) is 11.5 Å². The van der Waals surface area contributed by atoms with Gasteiger partial charge < -0.3 is 24.4 Å². The quantitative estimate of drug-likeness (QED) is 0.369. The Bertz CT molecular complexity index is 1050. The van der Waals surface area contributed by atoms with Gasteiger partial charge in [0.25, 0.3) is 11.7 Å². The lowest BCUT2D eigenvalue weighted by molar-refractivity contribution is -0.139. The third-order valence-electron chi connectivity index (χ3n) is 5.38. The van der Waals surface area contributed by atoms with Crippen LogP contribution >= 0.6 is 11.6 Å². The maximum Gasteiger partial charge on any atom is 0.295 e. The number of Topliss-reactive ketones (excluding diaryl/α,β-unsaturated/α-hetero) is 1. The Morgan fingerprint density at radius 1 is 1.12 bits per heavy atom. The van der Waals surface area contributed by atoms with Crippen molar-refractivity contribution in [2.75, 3.05) is 41.4 Å². The molecule has 0 bridgehead atoms. The highest BCUT2D eigenvalue weighted by atomic mass is 35.5. The summed E-state index contributed by atoms with van der Waals surface area (Å²) in [5, 5.41) is 11.4. The van der Waals surface area contributed by atoms with Crippen molar-refractivity contribution in [3.63, 3.8) is 0 Å². The fourth-order valence-corrected chi connectivity index (χ4v) is 4.05. The lowest BCUT2D eigenvalue weighted by Crippen LogP contribution is -2.32. The van der Waals surface area contributed by atoms with Gasteiger partial charge in [-0.1, -0.05) is 23.7 Å². The number of methoxy groups -OCH3 is 2. The second-order valence-corrected chi connectivity index (χ2v) is 8.18. The van der Waals surface area contributed by atoms with Crippen molar-refractivity contribution in [2.45, 2.75) is 12.5 Å². The van der Waals surface area contributed by atoms with Crippen LogP contribution in [0.15, 0.2) is 48.0 Å². The zero-order chi connectivity index (χ0) is 23.4. The standard InChI is InChI=1S/C24H27ClN2O5/c1-26(2)11-6-12-27-21(15-7-5-8-17(13-15)31-3)20(23(29)24(27)30)22(28)16-9-10-19(32-4)18(25)14-16/h5,7-10,13-14,21,28H,6,11-12H2,1-4H3/b22-20+/t21-/m1/s1. The summed E-state index contributed by atoms with van der Waals surface area (Å²) in [5.74, 6) is -0.619. The van der Waals surface area contributed by atoms with E-state index in [-0.39, 0.29) is 16.4 Å². The number of nitrogens with zero attached hydrogens (tertiary/aromatic N) is 2. The normalized spacial score (nSPS) is 17.8. The molecule has 32 heavy (non-hydrogen) atoms. The van der Waals surface area contributed by atoms with E-state index in [1.54, 1.807) is 37.4 Å². The van der Waals surface area contributed by atoms with Gasteiger partial charge in [0.05, 0.1) is 30.9 Å². The van der Waals surface area contributed by atoms with Crippen LogP contribution in [0.2, 0.25) is 5.02 Å². The largest absolute Gasteiger partial charge is 0.507 e. The minimum Gasteiger partial charge on any atom is -0.507 e. The molecule has 0 unspecified atom stereocenters. The molecular weight excluding hydrogens is 432 g/mol. The summed E-state index contributed by atoms with van der Waals surface area (Å²) in [6, 6.07) is 11.1. The molecule has 0 saturated carbocycles. The maximum atomic E-state index is 13.1. The number of halogens is 1. The van der Waals surface area contributed by atoms with E-state index in [0.29, 0.717) is 35.6 Å². The third kappa shape index (κ3) is 4.74. The number of ether oxygens (including phenoxy) is 2. The molecular formula is C24H27ClN2O5. The second-order valence-electron chi connectivity index (χ2n) is 7.78. The third-order valence-corrected chi connectivity index (χ3v) is 5.67. The van der Waals surface area contributed by atoms with Crippen molar-refractivity contribution in [1.82, 2.24) is 9.80 Å². The van der Waals surface area contributed by atoms with Crippen LogP contribution < -0.4 is 9.47 Å². The highest BCUT2D eigenvalue weighted by Gasteiger charge is 2.45. The van der Waals surface area contributed by atoms with E-state index in [1.165, 1.54) is 18.1 Å². The molecule has 2 aromatic rings. The Morgan fingerprint density at radius 3 is 2.50 bits per heavy atom. The Balaban J connectivity index is 2.12. The van der Waals surface area contributed by atoms with Crippen LogP contribution in [0.4, 0.5) is 0 Å². The Labute approximate surface area is 192 Å². The van der Waals surface area contributed by atoms with Gasteiger partial charge in [0.15, 0.2) is 0 Å². The minimum absolute atomic E-state index is 0.0225. The first-order chi connectivity index (χ1) is 15.3. The smallest absolute Gasteiger partial charge is 0.295 e. The molecule has 1 amide bonds. The monoisotopic (exact) mass is 458 g/mol. The molecule has 1 fully saturated rings. The SMILES string of the molecule is COc1cccc([C@@H]2/C(=C(\O)c3ccc(OC)c(Cl)c3)C(=O)C(=O)N2CCCN(C)C)c1. The highest BCUT2D eigenvalue weighted by molar-refractivity contribution is 6.46. The van der Waals surface area contributed by atoms with E-state index in [9.17, 15) is 14.7 Å². The number of aliphatic hydroxyl groups is 1. The maximum absolute atomic E-state index is 13.1. The Hall–Kier alpha value is -3.03. The molecule has 7 nitrogen and oxygen atoms in total. The molecule has 0 aromatic heterocycles. The first-order valence-corrected chi connectivity index (χ1v) is 10.6. The van der Waals surface area contributed by atoms with E-state index in [4.69, 9.17) is 21.1 Å². The molecule has 3 rings (SSSR count). The fourth-order valence-electron chi connectivity index (χ4n) is 3.80. The second kappa shape index (κ2) is 10.1. The van der Waals surface area contributed by atoms with E-state index in [0.717, 1.165) is 6.54 Å². The summed E-state index contributed by atoms with van der Waals surface area (Å²) in [6.45, 7) is 1.12. The topological polar surface area (TPSA) is 79.3 Å². The predicted octanol–water partition coefficient (Wildman–Crippen LogP) is 3.73. The van der Waals surface area contributed by atoms with Crippen molar-refractivity contribution < 1.29 is 24.2 Å². The summed E-state index contributed by atoms with van der Waals surface area (Å²) >= 11 is 6.22. The van der Waals surface area contributed by atoms with Gasteiger partial charge >= 0.3 is 0 Å². The molecule has 1 heterocycles. The van der Waals surface area contributed by atoms with Crippen LogP contribution in [0.5, 0.6) is 11.5 Å². The molecule has 1 aliphatic rings. The average molecular weight is 459 g/mol. The van der Waals surface area contributed by atoms with Gasteiger partial charge in [0.1, 0.15) is 17.3 Å². The molecule has 0 aliphatic carbocycles. The number of amides is 1. The van der Waals surface area contributed by atoms with Crippen LogP contribution in [-0.2, 0) is 9.59 Å². The zero-order valence-corrected chi connectivity index (χ0v) is 19.3. The Kier molecular flexibility index (Phi) is 7.43. The number of hydrogen-bond acceptors (Lipinski definition) is 6. The molecule has 1 aliphatic heterocycles. The zero-order valence-electron chi connectivity index (χ0n) is 18.6. The molecule has 8 heteroatoms.